The maximum atomic E-state index is 4.06. The van der Waals surface area contributed by atoms with Crippen LogP contribution in [0.2, 0.25) is 0 Å². The molecule has 0 spiro atoms. The Hall–Kier alpha value is -0.726. The van der Waals surface area contributed by atoms with Gasteiger partial charge in [-0.15, -0.1) is 0 Å². The van der Waals surface area contributed by atoms with Gasteiger partial charge in [0.25, 0.3) is 0 Å². The summed E-state index contributed by atoms with van der Waals surface area (Å²) < 4.78 is 0. The van der Waals surface area contributed by atoms with Crippen LogP contribution in [-0.2, 0) is 18.6 Å². The number of hydrogen-bond donors (Lipinski definition) is 1. The van der Waals surface area contributed by atoms with Crippen LogP contribution in [-0.4, -0.2) is 9.97 Å². The second-order valence-corrected chi connectivity index (χ2v) is 1.92. The maximum absolute atomic E-state index is 4.06. The number of aromatic amines is 1. The predicted molar refractivity (Wildman–Crippen MR) is 58.8 cm³/mol. The molecular formula is C11H18N2V. The third kappa shape index (κ3) is 4.49. The number of para-hydroxylation sites is 2. The summed E-state index contributed by atoms with van der Waals surface area (Å²) in [7, 11) is 0. The van der Waals surface area contributed by atoms with Crippen LogP contribution in [0.15, 0.2) is 30.6 Å². The van der Waals surface area contributed by atoms with Crippen molar-refractivity contribution in [2.45, 2.75) is 27.7 Å². The average Bonchev–Trinajstić information content (AvgIpc) is 2.71. The molecule has 1 aromatic heterocycles. The van der Waals surface area contributed by atoms with Crippen molar-refractivity contribution in [2.24, 2.45) is 0 Å². The van der Waals surface area contributed by atoms with Gasteiger partial charge < -0.3 is 4.98 Å². The molecule has 2 nitrogen and oxygen atoms in total. The first kappa shape index (κ1) is 15.7. The van der Waals surface area contributed by atoms with Gasteiger partial charge in [0.2, 0.25) is 0 Å². The molecule has 0 saturated carbocycles. The molecular weight excluding hydrogens is 211 g/mol. The minimum Gasteiger partial charge on any atom is -0.345 e. The first-order chi connectivity index (χ1) is 6.47. The molecule has 0 fully saturated rings. The fraction of sp³-hybridized carbons (Fsp3) is 0.364. The molecule has 0 aliphatic rings. The molecule has 0 aliphatic heterocycles. The molecule has 3 heteroatoms. The largest absolute Gasteiger partial charge is 0.345 e. The van der Waals surface area contributed by atoms with Crippen molar-refractivity contribution in [3.8, 4) is 0 Å². The number of nitrogens with one attached hydrogen (secondary N) is 1. The molecule has 0 amide bonds. The van der Waals surface area contributed by atoms with Gasteiger partial charge in [0, 0.05) is 18.6 Å². The van der Waals surface area contributed by atoms with Gasteiger partial charge in [0.05, 0.1) is 17.4 Å². The monoisotopic (exact) mass is 229 g/mol. The predicted octanol–water partition coefficient (Wildman–Crippen LogP) is 3.61. The first-order valence-electron chi connectivity index (χ1n) is 4.85. The summed E-state index contributed by atoms with van der Waals surface area (Å²) in [5.41, 5.74) is 2.12. The summed E-state index contributed by atoms with van der Waals surface area (Å²) in [4.78, 5) is 7.07. The Morgan fingerprint density at radius 3 is 2.14 bits per heavy atom. The summed E-state index contributed by atoms with van der Waals surface area (Å²) >= 11 is 0. The van der Waals surface area contributed by atoms with Crippen LogP contribution in [0.4, 0.5) is 0 Å². The standard InChI is InChI=1S/C7H6N2.2C2H6.V/c1-2-4-7-6(3-1)8-5-9-7;2*1-2;/h1-5H,(H,8,9);2*1-2H3;. The molecule has 77 valence electrons. The second kappa shape index (κ2) is 10.4. The van der Waals surface area contributed by atoms with Crippen molar-refractivity contribution >= 4 is 11.0 Å². The quantitative estimate of drug-likeness (QED) is 0.734. The molecule has 0 saturated heterocycles. The van der Waals surface area contributed by atoms with Gasteiger partial charge in [-0.25, -0.2) is 4.98 Å². The molecule has 2 aromatic rings. The molecule has 1 heterocycles. The van der Waals surface area contributed by atoms with Gasteiger partial charge in [-0.05, 0) is 12.1 Å². The van der Waals surface area contributed by atoms with E-state index in [2.05, 4.69) is 9.97 Å². The van der Waals surface area contributed by atoms with E-state index in [1.54, 1.807) is 6.33 Å². The Kier molecular flexibility index (Phi) is 11.6. The zero-order chi connectivity index (χ0) is 10.1. The van der Waals surface area contributed by atoms with E-state index in [4.69, 9.17) is 0 Å². The zero-order valence-corrected chi connectivity index (χ0v) is 10.7. The molecule has 0 unspecified atom stereocenters. The molecule has 1 radical (unpaired) electrons. The summed E-state index contributed by atoms with van der Waals surface area (Å²) in [6.45, 7) is 8.00. The van der Waals surface area contributed by atoms with Crippen molar-refractivity contribution in [1.82, 2.24) is 9.97 Å². The Labute approximate surface area is 98.0 Å². The van der Waals surface area contributed by atoms with E-state index in [-0.39, 0.29) is 18.6 Å². The number of rotatable bonds is 0. The number of H-pyrrole nitrogens is 1. The fourth-order valence-electron chi connectivity index (χ4n) is 0.880. The van der Waals surface area contributed by atoms with Gasteiger partial charge in [0.1, 0.15) is 0 Å². The molecule has 1 aromatic carbocycles. The summed E-state index contributed by atoms with van der Waals surface area (Å²) in [5.74, 6) is 0. The maximum Gasteiger partial charge on any atom is 0.0931 e. The van der Waals surface area contributed by atoms with Gasteiger partial charge >= 0.3 is 0 Å². The van der Waals surface area contributed by atoms with Gasteiger partial charge in [-0.1, -0.05) is 39.8 Å². The van der Waals surface area contributed by atoms with Crippen molar-refractivity contribution in [3.05, 3.63) is 30.6 Å². The summed E-state index contributed by atoms with van der Waals surface area (Å²) in [6.07, 6.45) is 1.70. The Bertz CT molecular complexity index is 287. The number of benzene rings is 1. The van der Waals surface area contributed by atoms with Crippen molar-refractivity contribution in [1.29, 1.82) is 0 Å². The van der Waals surface area contributed by atoms with E-state index in [0.717, 1.165) is 11.0 Å². The average molecular weight is 229 g/mol. The number of fused-ring (bicyclic) bond motifs is 1. The van der Waals surface area contributed by atoms with E-state index in [1.807, 2.05) is 52.0 Å². The SMILES string of the molecule is CC.CC.[V].c1ccc2[nH]cnc2c1. The minimum absolute atomic E-state index is 0. The van der Waals surface area contributed by atoms with Crippen LogP contribution in [0, 0.1) is 0 Å². The van der Waals surface area contributed by atoms with E-state index < -0.39 is 0 Å². The fourth-order valence-corrected chi connectivity index (χ4v) is 0.880. The number of aromatic nitrogens is 2. The van der Waals surface area contributed by atoms with Crippen LogP contribution >= 0.6 is 0 Å². The number of hydrogen-bond acceptors (Lipinski definition) is 1. The van der Waals surface area contributed by atoms with E-state index in [0.29, 0.717) is 0 Å². The molecule has 14 heavy (non-hydrogen) atoms. The third-order valence-electron chi connectivity index (χ3n) is 1.33. The van der Waals surface area contributed by atoms with Crippen LogP contribution in [0.3, 0.4) is 0 Å². The summed E-state index contributed by atoms with van der Waals surface area (Å²) in [5, 5.41) is 0. The minimum atomic E-state index is 0. The van der Waals surface area contributed by atoms with Crippen LogP contribution < -0.4 is 0 Å². The molecule has 0 atom stereocenters. The van der Waals surface area contributed by atoms with Crippen LogP contribution in [0.5, 0.6) is 0 Å². The Morgan fingerprint density at radius 1 is 1.00 bits per heavy atom. The normalized spacial score (nSPS) is 7.43. The Morgan fingerprint density at radius 2 is 1.57 bits per heavy atom. The molecule has 2 rings (SSSR count). The van der Waals surface area contributed by atoms with Crippen molar-refractivity contribution in [3.63, 3.8) is 0 Å². The third-order valence-corrected chi connectivity index (χ3v) is 1.33. The van der Waals surface area contributed by atoms with Crippen LogP contribution in [0.25, 0.3) is 11.0 Å². The van der Waals surface area contributed by atoms with Crippen molar-refractivity contribution < 1.29 is 18.6 Å². The number of nitrogens with zero attached hydrogens (tertiary/aromatic N) is 1. The van der Waals surface area contributed by atoms with E-state index in [1.165, 1.54) is 0 Å². The van der Waals surface area contributed by atoms with Gasteiger partial charge in [0.15, 0.2) is 0 Å². The van der Waals surface area contributed by atoms with E-state index >= 15 is 0 Å². The molecule has 1 N–H and O–H groups in total. The summed E-state index contributed by atoms with van der Waals surface area (Å²) in [6, 6.07) is 7.94. The van der Waals surface area contributed by atoms with Gasteiger partial charge in [-0.3, -0.25) is 0 Å². The number of imidazole rings is 1. The van der Waals surface area contributed by atoms with Crippen molar-refractivity contribution in [2.75, 3.05) is 0 Å². The molecule has 0 bridgehead atoms. The van der Waals surface area contributed by atoms with Gasteiger partial charge in [-0.2, -0.15) is 0 Å². The zero-order valence-electron chi connectivity index (χ0n) is 9.28. The Balaban J connectivity index is 0. The smallest absolute Gasteiger partial charge is 0.0931 e. The molecule has 0 aliphatic carbocycles. The van der Waals surface area contributed by atoms with Crippen LogP contribution in [0.1, 0.15) is 27.7 Å². The second-order valence-electron chi connectivity index (χ2n) is 1.92. The first-order valence-corrected chi connectivity index (χ1v) is 4.85. The van der Waals surface area contributed by atoms with E-state index in [9.17, 15) is 0 Å². The topological polar surface area (TPSA) is 28.7 Å².